The third-order valence-electron chi connectivity index (χ3n) is 5.77. The highest BCUT2D eigenvalue weighted by Gasteiger charge is 2.33. The molecule has 4 aromatic carbocycles. The van der Waals surface area contributed by atoms with Gasteiger partial charge < -0.3 is 0 Å². The van der Waals surface area contributed by atoms with Crippen LogP contribution in [-0.4, -0.2) is 8.42 Å². The van der Waals surface area contributed by atoms with Crippen molar-refractivity contribution < 1.29 is 17.2 Å². The van der Waals surface area contributed by atoms with Gasteiger partial charge in [-0.15, -0.1) is 0 Å². The molecular weight excluding hydrogens is 716 g/mol. The molecule has 0 aliphatic carbocycles. The smallest absolute Gasteiger partial charge is 0.171 e. The summed E-state index contributed by atoms with van der Waals surface area (Å²) in [6.07, 6.45) is 6.76. The lowest BCUT2D eigenvalue weighted by Crippen LogP contribution is -2.19. The second-order valence-electron chi connectivity index (χ2n) is 8.35. The van der Waals surface area contributed by atoms with Crippen molar-refractivity contribution in [3.8, 4) is 0 Å². The van der Waals surface area contributed by atoms with E-state index in [-0.39, 0.29) is 0 Å². The Balaban J connectivity index is 1.81. The molecule has 0 fully saturated rings. The Bertz CT molecular complexity index is 1390. The standard InChI is InChI=1S/C30H22F2I2O2S/c31-25-11-7-23(8-12-25)29(19-5-21-1-15-27(33)16-2-21)37(35,36)30(24-9-13-26(32)14-10-24)20-6-22-3-17-28(34)18-4-22/h1-20,29-30H. The van der Waals surface area contributed by atoms with Gasteiger partial charge in [0.15, 0.2) is 9.84 Å². The Labute approximate surface area is 243 Å². The van der Waals surface area contributed by atoms with E-state index in [1.54, 1.807) is 24.3 Å². The summed E-state index contributed by atoms with van der Waals surface area (Å²) in [4.78, 5) is 0. The van der Waals surface area contributed by atoms with E-state index in [2.05, 4.69) is 45.2 Å². The van der Waals surface area contributed by atoms with E-state index < -0.39 is 32.0 Å². The minimum atomic E-state index is -3.97. The fourth-order valence-electron chi connectivity index (χ4n) is 3.83. The van der Waals surface area contributed by atoms with Gasteiger partial charge in [-0.3, -0.25) is 0 Å². The summed E-state index contributed by atoms with van der Waals surface area (Å²) in [5.74, 6) is -0.898. The summed E-state index contributed by atoms with van der Waals surface area (Å²) in [6.45, 7) is 0. The molecule has 0 radical (unpaired) electrons. The zero-order chi connectivity index (χ0) is 26.4. The van der Waals surface area contributed by atoms with Gasteiger partial charge in [-0.25, -0.2) is 17.2 Å². The normalized spacial score (nSPS) is 13.7. The predicted molar refractivity (Wildman–Crippen MR) is 164 cm³/mol. The lowest BCUT2D eigenvalue weighted by atomic mass is 10.1. The van der Waals surface area contributed by atoms with Crippen molar-refractivity contribution in [1.29, 1.82) is 0 Å². The molecule has 0 bridgehead atoms. The molecule has 0 N–H and O–H groups in total. The summed E-state index contributed by atoms with van der Waals surface area (Å²) in [6, 6.07) is 26.3. The fourth-order valence-corrected chi connectivity index (χ4v) is 6.53. The SMILES string of the molecule is O=S(=O)(C(C=Cc1ccc(I)cc1)c1ccc(F)cc1)C(C=Cc1ccc(I)cc1)c1ccc(F)cc1. The van der Waals surface area contributed by atoms with Crippen LogP contribution in [0.2, 0.25) is 0 Å². The molecule has 2 unspecified atom stereocenters. The minimum absolute atomic E-state index is 0.443. The molecule has 2 nitrogen and oxygen atoms in total. The van der Waals surface area contributed by atoms with E-state index in [1.807, 2.05) is 48.5 Å². The van der Waals surface area contributed by atoms with Gasteiger partial charge in [0.25, 0.3) is 0 Å². The first kappa shape index (κ1) is 27.7. The van der Waals surface area contributed by atoms with Gasteiger partial charge in [-0.2, -0.15) is 0 Å². The van der Waals surface area contributed by atoms with Crippen LogP contribution in [0.25, 0.3) is 12.2 Å². The fraction of sp³-hybridized carbons (Fsp3) is 0.0667. The maximum Gasteiger partial charge on any atom is 0.171 e. The second kappa shape index (κ2) is 12.4. The first-order chi connectivity index (χ1) is 17.7. The van der Waals surface area contributed by atoms with Gasteiger partial charge in [0.05, 0.1) is 0 Å². The van der Waals surface area contributed by atoms with Crippen LogP contribution in [0.5, 0.6) is 0 Å². The molecule has 0 spiro atoms. The Morgan fingerprint density at radius 3 is 1.19 bits per heavy atom. The summed E-state index contributed by atoms with van der Waals surface area (Å²) < 4.78 is 58.1. The Morgan fingerprint density at radius 2 is 0.865 bits per heavy atom. The van der Waals surface area contributed by atoms with Crippen LogP contribution >= 0.6 is 45.2 Å². The van der Waals surface area contributed by atoms with Crippen LogP contribution in [0.4, 0.5) is 8.78 Å². The maximum atomic E-state index is 14.3. The molecule has 0 saturated heterocycles. The van der Waals surface area contributed by atoms with Gasteiger partial charge in [0.2, 0.25) is 0 Å². The average Bonchev–Trinajstić information content (AvgIpc) is 2.88. The molecule has 2 atom stereocenters. The van der Waals surface area contributed by atoms with E-state index in [1.165, 1.54) is 48.5 Å². The Hall–Kier alpha value is -2.37. The number of hydrogen-bond acceptors (Lipinski definition) is 2. The van der Waals surface area contributed by atoms with Gasteiger partial charge in [-0.1, -0.05) is 72.8 Å². The van der Waals surface area contributed by atoms with Crippen LogP contribution in [0.1, 0.15) is 32.8 Å². The largest absolute Gasteiger partial charge is 0.227 e. The highest BCUT2D eigenvalue weighted by Crippen LogP contribution is 2.37. The third kappa shape index (κ3) is 7.36. The molecule has 4 rings (SSSR count). The van der Waals surface area contributed by atoms with Crippen molar-refractivity contribution in [1.82, 2.24) is 0 Å². The van der Waals surface area contributed by atoms with Crippen molar-refractivity contribution in [3.63, 3.8) is 0 Å². The summed E-state index contributed by atoms with van der Waals surface area (Å²) in [7, 11) is -3.97. The monoisotopic (exact) mass is 738 g/mol. The predicted octanol–water partition coefficient (Wildman–Crippen LogP) is 8.80. The highest BCUT2D eigenvalue weighted by atomic mass is 127. The van der Waals surface area contributed by atoms with Gasteiger partial charge in [0, 0.05) is 7.14 Å². The van der Waals surface area contributed by atoms with Crippen LogP contribution < -0.4 is 0 Å². The number of hydrogen-bond donors (Lipinski definition) is 0. The second-order valence-corrected chi connectivity index (χ2v) is 13.0. The van der Waals surface area contributed by atoms with E-state index in [4.69, 9.17) is 0 Å². The molecule has 7 heteroatoms. The van der Waals surface area contributed by atoms with Gasteiger partial charge in [0.1, 0.15) is 22.1 Å². The average molecular weight is 738 g/mol. The quantitative estimate of drug-likeness (QED) is 0.170. The molecule has 4 aromatic rings. The molecule has 188 valence electrons. The molecule has 0 aromatic heterocycles. The van der Waals surface area contributed by atoms with Crippen molar-refractivity contribution in [2.75, 3.05) is 0 Å². The van der Waals surface area contributed by atoms with Crippen molar-refractivity contribution >= 4 is 67.2 Å². The van der Waals surface area contributed by atoms with Crippen LogP contribution in [0.15, 0.2) is 109 Å². The lowest BCUT2D eigenvalue weighted by molar-refractivity contribution is 0.583. The summed E-state index contributed by atoms with van der Waals surface area (Å²) in [5, 5.41) is -2.13. The lowest BCUT2D eigenvalue weighted by Gasteiger charge is -2.22. The zero-order valence-electron chi connectivity index (χ0n) is 19.4. The van der Waals surface area contributed by atoms with Crippen LogP contribution in [-0.2, 0) is 9.84 Å². The van der Waals surface area contributed by atoms with Crippen LogP contribution in [0, 0.1) is 18.8 Å². The van der Waals surface area contributed by atoms with Crippen LogP contribution in [0.3, 0.4) is 0 Å². The topological polar surface area (TPSA) is 34.1 Å². The molecule has 37 heavy (non-hydrogen) atoms. The van der Waals surface area contributed by atoms with E-state index in [0.29, 0.717) is 11.1 Å². The minimum Gasteiger partial charge on any atom is -0.227 e. The molecule has 0 heterocycles. The Morgan fingerprint density at radius 1 is 0.541 bits per heavy atom. The number of halogens is 4. The molecule has 0 aliphatic rings. The summed E-state index contributed by atoms with van der Waals surface area (Å²) >= 11 is 4.41. The first-order valence-corrected chi connectivity index (χ1v) is 15.1. The molecule has 0 aliphatic heterocycles. The van der Waals surface area contributed by atoms with Gasteiger partial charge in [-0.05, 0) is 116 Å². The maximum absolute atomic E-state index is 14.3. The van der Waals surface area contributed by atoms with Gasteiger partial charge >= 0.3 is 0 Å². The van der Waals surface area contributed by atoms with Crippen molar-refractivity contribution in [3.05, 3.63) is 150 Å². The van der Waals surface area contributed by atoms with E-state index >= 15 is 0 Å². The number of rotatable bonds is 8. The Kier molecular flexibility index (Phi) is 9.31. The summed E-state index contributed by atoms with van der Waals surface area (Å²) in [5.41, 5.74) is 2.57. The zero-order valence-corrected chi connectivity index (χ0v) is 24.6. The first-order valence-electron chi connectivity index (χ1n) is 11.3. The highest BCUT2D eigenvalue weighted by molar-refractivity contribution is 14.1. The molecule has 0 saturated carbocycles. The van der Waals surface area contributed by atoms with E-state index in [0.717, 1.165) is 18.3 Å². The third-order valence-corrected chi connectivity index (χ3v) is 9.48. The van der Waals surface area contributed by atoms with Crippen molar-refractivity contribution in [2.45, 2.75) is 10.5 Å². The number of benzene rings is 4. The molecule has 0 amide bonds. The van der Waals surface area contributed by atoms with Crippen molar-refractivity contribution in [2.24, 2.45) is 0 Å². The van der Waals surface area contributed by atoms with E-state index in [9.17, 15) is 17.2 Å². The molecular formula is C30H22F2I2O2S. The number of sulfone groups is 1.